The average molecular weight is 200 g/mol. The van der Waals surface area contributed by atoms with Gasteiger partial charge in [0.15, 0.2) is 0 Å². The summed E-state index contributed by atoms with van der Waals surface area (Å²) in [4.78, 5) is 18.0. The molecule has 5 heteroatoms. The van der Waals surface area contributed by atoms with Gasteiger partial charge in [-0.1, -0.05) is 0 Å². The number of aromatic amines is 1. The van der Waals surface area contributed by atoms with E-state index in [2.05, 4.69) is 9.97 Å². The van der Waals surface area contributed by atoms with Crippen LogP contribution in [-0.4, -0.2) is 23.3 Å². The predicted molar refractivity (Wildman–Crippen MR) is 53.3 cm³/mol. The molecule has 1 rings (SSSR count). The van der Waals surface area contributed by atoms with E-state index in [1.165, 1.54) is 13.3 Å². The van der Waals surface area contributed by atoms with Crippen LogP contribution in [0.3, 0.4) is 0 Å². The second-order valence-electron chi connectivity index (χ2n) is 2.54. The fourth-order valence-corrected chi connectivity index (χ4v) is 1.20. The van der Waals surface area contributed by atoms with Crippen LogP contribution < -0.4 is 10.3 Å². The second kappa shape index (κ2) is 4.32. The van der Waals surface area contributed by atoms with Gasteiger partial charge in [0.25, 0.3) is 5.56 Å². The number of aromatic nitrogens is 2. The largest absolute Gasteiger partial charge is 0.490 e. The summed E-state index contributed by atoms with van der Waals surface area (Å²) < 4.78 is 4.80. The predicted octanol–water partition coefficient (Wildman–Crippen LogP) is 1.20. The Kier molecular flexibility index (Phi) is 3.36. The first-order valence-corrected chi connectivity index (χ1v) is 5.13. The first kappa shape index (κ1) is 10.1. The molecule has 0 amide bonds. The zero-order chi connectivity index (χ0) is 9.84. The Morgan fingerprint density at radius 2 is 2.38 bits per heavy atom. The molecule has 4 nitrogen and oxygen atoms in total. The minimum Gasteiger partial charge on any atom is -0.490 e. The quantitative estimate of drug-likeness (QED) is 0.796. The SMILES string of the molecule is COc1cnc(C(C)SC)[nH]c1=O. The Labute approximate surface area is 80.7 Å². The summed E-state index contributed by atoms with van der Waals surface area (Å²) in [5.41, 5.74) is -0.228. The lowest BCUT2D eigenvalue weighted by Crippen LogP contribution is -2.13. The van der Waals surface area contributed by atoms with E-state index in [1.807, 2.05) is 13.2 Å². The van der Waals surface area contributed by atoms with Crippen LogP contribution in [-0.2, 0) is 0 Å². The van der Waals surface area contributed by atoms with Crippen molar-refractivity contribution in [2.24, 2.45) is 0 Å². The highest BCUT2D eigenvalue weighted by Gasteiger charge is 2.07. The van der Waals surface area contributed by atoms with E-state index in [4.69, 9.17) is 4.74 Å². The number of nitrogens with one attached hydrogen (secondary N) is 1. The number of hydrogen-bond donors (Lipinski definition) is 1. The summed E-state index contributed by atoms with van der Waals surface area (Å²) >= 11 is 1.63. The van der Waals surface area contributed by atoms with E-state index in [0.717, 1.165) is 0 Å². The van der Waals surface area contributed by atoms with Gasteiger partial charge in [-0.25, -0.2) is 4.98 Å². The van der Waals surface area contributed by atoms with Crippen LogP contribution >= 0.6 is 11.8 Å². The number of hydrogen-bond acceptors (Lipinski definition) is 4. The third-order valence-corrected chi connectivity index (χ3v) is 2.68. The Hall–Kier alpha value is -0.970. The van der Waals surface area contributed by atoms with Gasteiger partial charge in [-0.05, 0) is 13.2 Å². The molecule has 1 aromatic heterocycles. The average Bonchev–Trinajstić information content (AvgIpc) is 2.16. The molecule has 1 unspecified atom stereocenters. The van der Waals surface area contributed by atoms with Crippen molar-refractivity contribution in [3.05, 3.63) is 22.4 Å². The van der Waals surface area contributed by atoms with Crippen LogP contribution in [0.25, 0.3) is 0 Å². The molecule has 0 saturated carbocycles. The fraction of sp³-hybridized carbons (Fsp3) is 0.500. The Morgan fingerprint density at radius 1 is 1.69 bits per heavy atom. The fourth-order valence-electron chi connectivity index (χ4n) is 0.861. The Balaban J connectivity index is 3.03. The molecule has 0 bridgehead atoms. The van der Waals surface area contributed by atoms with Crippen LogP contribution in [0.15, 0.2) is 11.0 Å². The van der Waals surface area contributed by atoms with Crippen molar-refractivity contribution in [1.82, 2.24) is 9.97 Å². The summed E-state index contributed by atoms with van der Waals surface area (Å²) in [6.45, 7) is 1.98. The van der Waals surface area contributed by atoms with Gasteiger partial charge < -0.3 is 9.72 Å². The summed E-state index contributed by atoms with van der Waals surface area (Å²) in [6.07, 6.45) is 3.41. The number of rotatable bonds is 3. The second-order valence-corrected chi connectivity index (χ2v) is 3.72. The van der Waals surface area contributed by atoms with Gasteiger partial charge in [-0.2, -0.15) is 11.8 Å². The normalized spacial score (nSPS) is 12.5. The summed E-state index contributed by atoms with van der Waals surface area (Å²) in [6, 6.07) is 0. The zero-order valence-corrected chi connectivity index (χ0v) is 8.64. The molecule has 72 valence electrons. The minimum absolute atomic E-state index is 0.193. The molecule has 0 spiro atoms. The van der Waals surface area contributed by atoms with Crippen molar-refractivity contribution in [2.75, 3.05) is 13.4 Å². The first-order valence-electron chi connectivity index (χ1n) is 3.85. The van der Waals surface area contributed by atoms with Gasteiger partial charge in [0.05, 0.1) is 18.6 Å². The molecule has 1 heterocycles. The molecule has 0 aliphatic rings. The van der Waals surface area contributed by atoms with Crippen molar-refractivity contribution in [1.29, 1.82) is 0 Å². The standard InChI is InChI=1S/C8H12N2O2S/c1-5(13-3)7-9-4-6(12-2)8(11)10-7/h4-5H,1-3H3,(H,9,10,11). The van der Waals surface area contributed by atoms with E-state index >= 15 is 0 Å². The van der Waals surface area contributed by atoms with Gasteiger partial charge in [-0.15, -0.1) is 0 Å². The maximum Gasteiger partial charge on any atom is 0.293 e. The number of thioether (sulfide) groups is 1. The van der Waals surface area contributed by atoms with Gasteiger partial charge in [0.2, 0.25) is 5.75 Å². The monoisotopic (exact) mass is 200 g/mol. The molecule has 0 aliphatic heterocycles. The van der Waals surface area contributed by atoms with Crippen molar-refractivity contribution in [3.63, 3.8) is 0 Å². The molecule has 0 aliphatic carbocycles. The summed E-state index contributed by atoms with van der Waals surface area (Å²) in [5.74, 6) is 0.926. The maximum atomic E-state index is 11.3. The molecule has 0 fully saturated rings. The Bertz CT molecular complexity index is 337. The highest BCUT2D eigenvalue weighted by molar-refractivity contribution is 7.98. The molecule has 0 saturated heterocycles. The lowest BCUT2D eigenvalue weighted by Gasteiger charge is -2.06. The molecule has 0 aromatic carbocycles. The van der Waals surface area contributed by atoms with Crippen LogP contribution in [0.1, 0.15) is 18.0 Å². The number of H-pyrrole nitrogens is 1. The third-order valence-electron chi connectivity index (χ3n) is 1.74. The van der Waals surface area contributed by atoms with Crippen molar-refractivity contribution in [2.45, 2.75) is 12.2 Å². The smallest absolute Gasteiger partial charge is 0.293 e. The molecule has 13 heavy (non-hydrogen) atoms. The molecular formula is C8H12N2O2S. The van der Waals surface area contributed by atoms with Crippen LogP contribution in [0.5, 0.6) is 5.75 Å². The number of ether oxygens (including phenoxy) is 1. The van der Waals surface area contributed by atoms with Crippen LogP contribution in [0.4, 0.5) is 0 Å². The summed E-state index contributed by atoms with van der Waals surface area (Å²) in [5, 5.41) is 0.193. The highest BCUT2D eigenvalue weighted by atomic mass is 32.2. The lowest BCUT2D eigenvalue weighted by atomic mass is 10.4. The summed E-state index contributed by atoms with van der Waals surface area (Å²) in [7, 11) is 1.45. The first-order chi connectivity index (χ1) is 6.19. The van der Waals surface area contributed by atoms with E-state index in [9.17, 15) is 4.79 Å². The highest BCUT2D eigenvalue weighted by Crippen LogP contribution is 2.21. The maximum absolute atomic E-state index is 11.3. The van der Waals surface area contributed by atoms with E-state index < -0.39 is 0 Å². The van der Waals surface area contributed by atoms with Gasteiger partial charge in [0.1, 0.15) is 5.82 Å². The lowest BCUT2D eigenvalue weighted by molar-refractivity contribution is 0.405. The van der Waals surface area contributed by atoms with Crippen molar-refractivity contribution < 1.29 is 4.74 Å². The third kappa shape index (κ3) is 2.24. The molecule has 1 N–H and O–H groups in total. The van der Waals surface area contributed by atoms with Crippen LogP contribution in [0, 0.1) is 0 Å². The minimum atomic E-state index is -0.228. The number of nitrogens with zero attached hydrogens (tertiary/aromatic N) is 1. The van der Waals surface area contributed by atoms with Gasteiger partial charge in [0, 0.05) is 0 Å². The van der Waals surface area contributed by atoms with Crippen LogP contribution in [0.2, 0.25) is 0 Å². The van der Waals surface area contributed by atoms with E-state index in [1.54, 1.807) is 11.8 Å². The molecular weight excluding hydrogens is 188 g/mol. The van der Waals surface area contributed by atoms with E-state index in [0.29, 0.717) is 5.82 Å². The van der Waals surface area contributed by atoms with Crippen molar-refractivity contribution in [3.8, 4) is 5.75 Å². The molecule has 1 aromatic rings. The zero-order valence-electron chi connectivity index (χ0n) is 7.83. The van der Waals surface area contributed by atoms with E-state index in [-0.39, 0.29) is 16.6 Å². The van der Waals surface area contributed by atoms with Gasteiger partial charge >= 0.3 is 0 Å². The number of methoxy groups -OCH3 is 1. The van der Waals surface area contributed by atoms with Gasteiger partial charge in [-0.3, -0.25) is 4.79 Å². The molecule has 0 radical (unpaired) electrons. The Morgan fingerprint density at radius 3 is 2.85 bits per heavy atom. The topological polar surface area (TPSA) is 55.0 Å². The molecule has 1 atom stereocenters. The van der Waals surface area contributed by atoms with Crippen molar-refractivity contribution >= 4 is 11.8 Å².